The zero-order chi connectivity index (χ0) is 8.85. The fourth-order valence-corrected chi connectivity index (χ4v) is 0.520. The minimum Gasteiger partial charge on any atom is -0.319 e. The zero-order valence-electron chi connectivity index (χ0n) is 6.87. The third-order valence-corrected chi connectivity index (χ3v) is 1.15. The lowest BCUT2D eigenvalue weighted by Gasteiger charge is -2.09. The number of hydrogen-bond acceptors (Lipinski definition) is 2. The van der Waals surface area contributed by atoms with Gasteiger partial charge in [0.2, 0.25) is 0 Å². The van der Waals surface area contributed by atoms with Gasteiger partial charge in [-0.15, -0.1) is 0 Å². The van der Waals surface area contributed by atoms with E-state index in [1.54, 1.807) is 14.1 Å². The molecule has 0 aromatic heterocycles. The van der Waals surface area contributed by atoms with E-state index >= 15 is 0 Å². The van der Waals surface area contributed by atoms with Crippen LogP contribution in [0.2, 0.25) is 0 Å². The van der Waals surface area contributed by atoms with Gasteiger partial charge in [-0.3, -0.25) is 9.79 Å². The summed E-state index contributed by atoms with van der Waals surface area (Å²) in [6.45, 7) is 6.97. The topological polar surface area (TPSA) is 32.7 Å². The number of nitrogens with zero attached hydrogens (tertiary/aromatic N) is 2. The van der Waals surface area contributed by atoms with Gasteiger partial charge in [-0.05, 0) is 6.20 Å². The third-order valence-electron chi connectivity index (χ3n) is 1.15. The smallest absolute Gasteiger partial charge is 0.258 e. The Morgan fingerprint density at radius 2 is 2.18 bits per heavy atom. The molecule has 1 amide bonds. The van der Waals surface area contributed by atoms with Gasteiger partial charge < -0.3 is 4.90 Å². The Hall–Kier alpha value is -1.38. The number of rotatable bonds is 3. The molecule has 0 heterocycles. The van der Waals surface area contributed by atoms with E-state index in [9.17, 15) is 4.79 Å². The molecule has 0 atom stereocenters. The van der Waals surface area contributed by atoms with E-state index in [4.69, 9.17) is 0 Å². The predicted octanol–water partition coefficient (Wildman–Crippen LogP) is 0.845. The minimum absolute atomic E-state index is 0.189. The highest BCUT2D eigenvalue weighted by atomic mass is 16.2. The Kier molecular flexibility index (Phi) is 3.88. The molecule has 3 nitrogen and oxygen atoms in total. The van der Waals surface area contributed by atoms with E-state index < -0.39 is 0 Å². The molecule has 3 heteroatoms. The van der Waals surface area contributed by atoms with Gasteiger partial charge in [0.25, 0.3) is 5.91 Å². The van der Waals surface area contributed by atoms with Crippen molar-refractivity contribution in [3.63, 3.8) is 0 Å². The second-order valence-corrected chi connectivity index (χ2v) is 2.01. The van der Waals surface area contributed by atoms with Crippen molar-refractivity contribution >= 4 is 12.1 Å². The highest BCUT2D eigenvalue weighted by molar-refractivity contribution is 6.11. The molecule has 0 radical (unpaired) electrons. The second-order valence-electron chi connectivity index (χ2n) is 2.01. The van der Waals surface area contributed by atoms with Crippen molar-refractivity contribution < 1.29 is 4.79 Å². The van der Waals surface area contributed by atoms with E-state index in [-0.39, 0.29) is 5.91 Å². The molecule has 0 unspecified atom stereocenters. The van der Waals surface area contributed by atoms with Crippen molar-refractivity contribution in [2.75, 3.05) is 14.1 Å². The molecule has 0 fully saturated rings. The van der Waals surface area contributed by atoms with Crippen LogP contribution in [0.15, 0.2) is 29.9 Å². The van der Waals surface area contributed by atoms with Crippen molar-refractivity contribution in [3.05, 3.63) is 24.9 Å². The lowest BCUT2D eigenvalue weighted by atomic mass is 10.3. The van der Waals surface area contributed by atoms with Crippen LogP contribution in [0, 0.1) is 0 Å². The molecule has 0 aromatic carbocycles. The predicted molar refractivity (Wildman–Crippen MR) is 46.5 cm³/mol. The zero-order valence-corrected chi connectivity index (χ0v) is 6.87. The number of likely N-dealkylation sites (N-methyl/N-ethyl adjacent to an activating group) is 1. The van der Waals surface area contributed by atoms with Crippen molar-refractivity contribution in [2.24, 2.45) is 4.99 Å². The maximum absolute atomic E-state index is 11.1. The van der Waals surface area contributed by atoms with Crippen LogP contribution in [0.5, 0.6) is 0 Å². The van der Waals surface area contributed by atoms with Gasteiger partial charge >= 0.3 is 0 Å². The lowest BCUT2D eigenvalue weighted by molar-refractivity contribution is -0.123. The fraction of sp³-hybridized carbons (Fsp3) is 0.250. The van der Waals surface area contributed by atoms with Crippen LogP contribution >= 0.6 is 0 Å². The summed E-state index contributed by atoms with van der Waals surface area (Å²) in [6.07, 6.45) is 2.85. The molecule has 0 aliphatic heterocycles. The lowest BCUT2D eigenvalue weighted by Crippen LogP contribution is -2.22. The molecule has 0 aliphatic rings. The third kappa shape index (κ3) is 2.80. The van der Waals surface area contributed by atoms with E-state index in [1.165, 1.54) is 17.3 Å². The van der Waals surface area contributed by atoms with Crippen LogP contribution in [-0.4, -0.2) is 31.1 Å². The average Bonchev–Trinajstić information content (AvgIpc) is 2.02. The maximum Gasteiger partial charge on any atom is 0.258 e. The fourth-order valence-electron chi connectivity index (χ4n) is 0.520. The van der Waals surface area contributed by atoms with Gasteiger partial charge in [-0.2, -0.15) is 0 Å². The SMILES string of the molecule is C=CN(C)C(=O)C(=C)C=NC. The van der Waals surface area contributed by atoms with E-state index in [1.807, 2.05) is 0 Å². The van der Waals surface area contributed by atoms with Gasteiger partial charge in [0.15, 0.2) is 0 Å². The monoisotopic (exact) mass is 152 g/mol. The van der Waals surface area contributed by atoms with Gasteiger partial charge in [-0.25, -0.2) is 0 Å². The summed E-state index contributed by atoms with van der Waals surface area (Å²) in [7, 11) is 3.20. The standard InChI is InChI=1S/C8H12N2O/c1-5-10(4)8(11)7(2)6-9-3/h5-6H,1-2H2,3-4H3. The van der Waals surface area contributed by atoms with E-state index in [0.29, 0.717) is 5.57 Å². The van der Waals surface area contributed by atoms with Crippen LogP contribution in [0.1, 0.15) is 0 Å². The van der Waals surface area contributed by atoms with E-state index in [2.05, 4.69) is 18.2 Å². The summed E-state index contributed by atoms with van der Waals surface area (Å²) in [5, 5.41) is 0. The Bertz CT molecular complexity index is 206. The Labute approximate surface area is 66.7 Å². The summed E-state index contributed by atoms with van der Waals surface area (Å²) in [5.41, 5.74) is 0.356. The maximum atomic E-state index is 11.1. The Balaban J connectivity index is 4.25. The first-order valence-corrected chi connectivity index (χ1v) is 3.14. The second kappa shape index (κ2) is 4.44. The van der Waals surface area contributed by atoms with E-state index in [0.717, 1.165) is 0 Å². The van der Waals surface area contributed by atoms with Crippen molar-refractivity contribution in [1.29, 1.82) is 0 Å². The number of carbonyl (C=O) groups is 1. The molecule has 0 aromatic rings. The number of aliphatic imine (C=N–C) groups is 1. The van der Waals surface area contributed by atoms with Gasteiger partial charge in [0, 0.05) is 20.3 Å². The first kappa shape index (κ1) is 9.62. The largest absolute Gasteiger partial charge is 0.319 e. The highest BCUT2D eigenvalue weighted by Crippen LogP contribution is 1.93. The summed E-state index contributed by atoms with van der Waals surface area (Å²) < 4.78 is 0. The summed E-state index contributed by atoms with van der Waals surface area (Å²) in [6, 6.07) is 0. The number of amides is 1. The molecule has 0 aliphatic carbocycles. The first-order valence-electron chi connectivity index (χ1n) is 3.14. The van der Waals surface area contributed by atoms with Gasteiger partial charge in [-0.1, -0.05) is 13.2 Å². The summed E-state index contributed by atoms with van der Waals surface area (Å²) in [5.74, 6) is -0.189. The quantitative estimate of drug-likeness (QED) is 0.436. The molecule has 0 saturated heterocycles. The van der Waals surface area contributed by atoms with Gasteiger partial charge in [0.1, 0.15) is 0 Å². The number of hydrogen-bond donors (Lipinski definition) is 0. The molecule has 60 valence electrons. The summed E-state index contributed by atoms with van der Waals surface area (Å²) >= 11 is 0. The van der Waals surface area contributed by atoms with Crippen LogP contribution < -0.4 is 0 Å². The van der Waals surface area contributed by atoms with Crippen LogP contribution in [0.25, 0.3) is 0 Å². The molecule has 0 spiro atoms. The first-order chi connectivity index (χ1) is 5.13. The van der Waals surface area contributed by atoms with Crippen molar-refractivity contribution in [3.8, 4) is 0 Å². The summed E-state index contributed by atoms with van der Waals surface area (Å²) in [4.78, 5) is 16.1. The molecule has 0 N–H and O–H groups in total. The molecule has 0 rings (SSSR count). The van der Waals surface area contributed by atoms with Crippen molar-refractivity contribution in [1.82, 2.24) is 4.90 Å². The molecular weight excluding hydrogens is 140 g/mol. The Morgan fingerprint density at radius 1 is 1.64 bits per heavy atom. The Morgan fingerprint density at radius 3 is 2.55 bits per heavy atom. The molecule has 0 bridgehead atoms. The molecular formula is C8H12N2O. The normalized spacial score (nSPS) is 9.64. The van der Waals surface area contributed by atoms with Crippen LogP contribution in [-0.2, 0) is 4.79 Å². The van der Waals surface area contributed by atoms with Crippen molar-refractivity contribution in [2.45, 2.75) is 0 Å². The highest BCUT2D eigenvalue weighted by Gasteiger charge is 2.06. The average molecular weight is 152 g/mol. The van der Waals surface area contributed by atoms with Crippen LogP contribution in [0.4, 0.5) is 0 Å². The molecule has 0 saturated carbocycles. The number of carbonyl (C=O) groups excluding carboxylic acids is 1. The van der Waals surface area contributed by atoms with Gasteiger partial charge in [0.05, 0.1) is 5.57 Å². The minimum atomic E-state index is -0.189. The molecule has 11 heavy (non-hydrogen) atoms. The van der Waals surface area contributed by atoms with Crippen LogP contribution in [0.3, 0.4) is 0 Å².